The number of aromatic nitrogens is 1. The molecule has 3 aromatic rings. The molecule has 1 N–H and O–H groups in total. The Morgan fingerprint density at radius 3 is 2.24 bits per heavy atom. The van der Waals surface area contributed by atoms with Crippen molar-refractivity contribution in [2.45, 2.75) is 6.04 Å². The molecule has 0 saturated carbocycles. The molecule has 0 unspecified atom stereocenters. The van der Waals surface area contributed by atoms with E-state index in [0.717, 1.165) is 5.56 Å². The summed E-state index contributed by atoms with van der Waals surface area (Å²) in [4.78, 5) is 27.1. The molecule has 3 rings (SSSR count). The second-order valence-electron chi connectivity index (χ2n) is 5.38. The SMILES string of the molecule is O=C(N[C@@H](c1ccccc1)c1ccccn1)c1ccc([N+](=O)[O-])cc1. The number of nitrogens with one attached hydrogen (secondary N) is 1. The second kappa shape index (κ2) is 7.35. The molecule has 1 amide bonds. The first-order valence-electron chi connectivity index (χ1n) is 7.66. The Hall–Kier alpha value is -3.54. The lowest BCUT2D eigenvalue weighted by Gasteiger charge is -2.19. The summed E-state index contributed by atoms with van der Waals surface area (Å²) in [5.41, 5.74) is 1.91. The highest BCUT2D eigenvalue weighted by atomic mass is 16.6. The number of nitrogens with zero attached hydrogens (tertiary/aromatic N) is 2. The molecular formula is C19H15N3O3. The molecule has 25 heavy (non-hydrogen) atoms. The van der Waals surface area contributed by atoms with Gasteiger partial charge in [0.05, 0.1) is 16.7 Å². The maximum atomic E-state index is 12.6. The predicted octanol–water partition coefficient (Wildman–Crippen LogP) is 3.51. The van der Waals surface area contributed by atoms with Crippen LogP contribution < -0.4 is 5.32 Å². The number of carbonyl (C=O) groups is 1. The minimum atomic E-state index is -0.498. The van der Waals surface area contributed by atoms with Gasteiger partial charge >= 0.3 is 0 Å². The number of amides is 1. The molecule has 0 aliphatic heterocycles. The van der Waals surface area contributed by atoms with E-state index in [4.69, 9.17) is 0 Å². The molecule has 0 aliphatic rings. The summed E-state index contributed by atoms with van der Waals surface area (Å²) in [5.74, 6) is -0.325. The molecule has 0 bridgehead atoms. The van der Waals surface area contributed by atoms with Crippen LogP contribution in [0.5, 0.6) is 0 Å². The summed E-state index contributed by atoms with van der Waals surface area (Å²) in [7, 11) is 0. The fourth-order valence-corrected chi connectivity index (χ4v) is 2.47. The molecule has 1 aromatic heterocycles. The summed E-state index contributed by atoms with van der Waals surface area (Å²) in [5, 5.41) is 13.7. The van der Waals surface area contributed by atoms with Crippen LogP contribution in [0.25, 0.3) is 0 Å². The number of nitro groups is 1. The van der Waals surface area contributed by atoms with E-state index < -0.39 is 11.0 Å². The number of rotatable bonds is 5. The molecule has 124 valence electrons. The zero-order valence-electron chi connectivity index (χ0n) is 13.2. The van der Waals surface area contributed by atoms with Gasteiger partial charge in [-0.1, -0.05) is 36.4 Å². The summed E-state index contributed by atoms with van der Waals surface area (Å²) in [6.07, 6.45) is 1.67. The quantitative estimate of drug-likeness (QED) is 0.572. The molecule has 0 saturated heterocycles. The van der Waals surface area contributed by atoms with Gasteiger partial charge in [0.15, 0.2) is 0 Å². The normalized spacial score (nSPS) is 11.5. The number of benzene rings is 2. The third-order valence-electron chi connectivity index (χ3n) is 3.73. The van der Waals surface area contributed by atoms with Gasteiger partial charge in [-0.15, -0.1) is 0 Å². The van der Waals surface area contributed by atoms with Crippen molar-refractivity contribution < 1.29 is 9.72 Å². The first kappa shape index (κ1) is 16.3. The van der Waals surface area contributed by atoms with Crippen molar-refractivity contribution in [3.05, 3.63) is 106 Å². The highest BCUT2D eigenvalue weighted by molar-refractivity contribution is 5.94. The fourth-order valence-electron chi connectivity index (χ4n) is 2.47. The molecule has 2 aromatic carbocycles. The van der Waals surface area contributed by atoms with Crippen LogP contribution in [-0.4, -0.2) is 15.8 Å². The fraction of sp³-hybridized carbons (Fsp3) is 0.0526. The average Bonchev–Trinajstić information content (AvgIpc) is 2.67. The lowest BCUT2D eigenvalue weighted by molar-refractivity contribution is -0.384. The van der Waals surface area contributed by atoms with Gasteiger partial charge in [-0.2, -0.15) is 0 Å². The Morgan fingerprint density at radius 1 is 0.960 bits per heavy atom. The zero-order valence-corrected chi connectivity index (χ0v) is 13.2. The number of pyridine rings is 1. The van der Waals surface area contributed by atoms with Gasteiger partial charge in [-0.3, -0.25) is 19.9 Å². The van der Waals surface area contributed by atoms with Crippen molar-refractivity contribution in [2.75, 3.05) is 0 Å². The van der Waals surface area contributed by atoms with E-state index in [1.54, 1.807) is 6.20 Å². The minimum Gasteiger partial charge on any atom is -0.340 e. The van der Waals surface area contributed by atoms with Crippen LogP contribution >= 0.6 is 0 Å². The zero-order chi connectivity index (χ0) is 17.6. The average molecular weight is 333 g/mol. The maximum absolute atomic E-state index is 12.6. The topological polar surface area (TPSA) is 85.1 Å². The maximum Gasteiger partial charge on any atom is 0.269 e. The van der Waals surface area contributed by atoms with E-state index in [0.29, 0.717) is 11.3 Å². The first-order valence-corrected chi connectivity index (χ1v) is 7.66. The molecule has 0 spiro atoms. The van der Waals surface area contributed by atoms with Crippen molar-refractivity contribution in [1.82, 2.24) is 10.3 Å². The highest BCUT2D eigenvalue weighted by Crippen LogP contribution is 2.21. The molecule has 6 nitrogen and oxygen atoms in total. The van der Waals surface area contributed by atoms with Crippen molar-refractivity contribution in [2.24, 2.45) is 0 Å². The van der Waals surface area contributed by atoms with Crippen molar-refractivity contribution in [3.63, 3.8) is 0 Å². The van der Waals surface area contributed by atoms with E-state index in [-0.39, 0.29) is 11.6 Å². The van der Waals surface area contributed by atoms with E-state index in [2.05, 4.69) is 10.3 Å². The summed E-state index contributed by atoms with van der Waals surface area (Å²) >= 11 is 0. The smallest absolute Gasteiger partial charge is 0.269 e. The number of non-ortho nitro benzene ring substituents is 1. The van der Waals surface area contributed by atoms with Gasteiger partial charge in [-0.25, -0.2) is 0 Å². The molecule has 1 atom stereocenters. The van der Waals surface area contributed by atoms with Crippen LogP contribution in [0.15, 0.2) is 79.0 Å². The van der Waals surface area contributed by atoms with Crippen molar-refractivity contribution in [1.29, 1.82) is 0 Å². The van der Waals surface area contributed by atoms with Gasteiger partial charge in [-0.05, 0) is 29.8 Å². The molecule has 0 aliphatic carbocycles. The molecule has 6 heteroatoms. The summed E-state index contributed by atoms with van der Waals surface area (Å²) in [6.45, 7) is 0. The third kappa shape index (κ3) is 3.87. The van der Waals surface area contributed by atoms with Crippen LogP contribution in [0.1, 0.15) is 27.7 Å². The van der Waals surface area contributed by atoms with Gasteiger partial charge in [0.2, 0.25) is 0 Å². The Balaban J connectivity index is 1.87. The monoisotopic (exact) mass is 333 g/mol. The first-order chi connectivity index (χ1) is 12.1. The lowest BCUT2D eigenvalue weighted by atomic mass is 10.0. The highest BCUT2D eigenvalue weighted by Gasteiger charge is 2.19. The molecular weight excluding hydrogens is 318 g/mol. The van der Waals surface area contributed by atoms with Gasteiger partial charge in [0.1, 0.15) is 0 Å². The number of carbonyl (C=O) groups excluding carboxylic acids is 1. The van der Waals surface area contributed by atoms with Gasteiger partial charge in [0.25, 0.3) is 11.6 Å². The Kier molecular flexibility index (Phi) is 4.80. The summed E-state index contributed by atoms with van der Waals surface area (Å²) in [6, 6.07) is 20.1. The van der Waals surface area contributed by atoms with Crippen LogP contribution in [-0.2, 0) is 0 Å². The predicted molar refractivity (Wildman–Crippen MR) is 93.1 cm³/mol. The molecule has 1 heterocycles. The van der Waals surface area contributed by atoms with Crippen molar-refractivity contribution in [3.8, 4) is 0 Å². The summed E-state index contributed by atoms with van der Waals surface area (Å²) < 4.78 is 0. The third-order valence-corrected chi connectivity index (χ3v) is 3.73. The van der Waals surface area contributed by atoms with E-state index in [9.17, 15) is 14.9 Å². The number of hydrogen-bond donors (Lipinski definition) is 1. The Labute approximate surface area is 144 Å². The van der Waals surface area contributed by atoms with E-state index >= 15 is 0 Å². The largest absolute Gasteiger partial charge is 0.340 e. The lowest BCUT2D eigenvalue weighted by Crippen LogP contribution is -2.29. The van der Waals surface area contributed by atoms with Gasteiger partial charge < -0.3 is 5.32 Å². The van der Waals surface area contributed by atoms with E-state index in [1.165, 1.54) is 24.3 Å². The van der Waals surface area contributed by atoms with Gasteiger partial charge in [0, 0.05) is 23.9 Å². The van der Waals surface area contributed by atoms with Crippen LogP contribution in [0.3, 0.4) is 0 Å². The second-order valence-corrected chi connectivity index (χ2v) is 5.38. The number of hydrogen-bond acceptors (Lipinski definition) is 4. The number of nitro benzene ring substituents is 1. The molecule has 0 radical (unpaired) electrons. The minimum absolute atomic E-state index is 0.0547. The van der Waals surface area contributed by atoms with Crippen LogP contribution in [0, 0.1) is 10.1 Å². The van der Waals surface area contributed by atoms with Crippen LogP contribution in [0.4, 0.5) is 5.69 Å². The van der Waals surface area contributed by atoms with E-state index in [1.807, 2.05) is 48.5 Å². The standard InChI is InChI=1S/C19H15N3O3/c23-19(15-9-11-16(12-10-15)22(24)25)21-18(14-6-2-1-3-7-14)17-8-4-5-13-20-17/h1-13,18H,(H,21,23)/t18-/m0/s1. The molecule has 0 fully saturated rings. The Bertz CT molecular complexity index is 826. The van der Waals surface area contributed by atoms with Crippen LogP contribution in [0.2, 0.25) is 0 Å². The Morgan fingerprint density at radius 2 is 1.64 bits per heavy atom. The van der Waals surface area contributed by atoms with Crippen molar-refractivity contribution >= 4 is 11.6 Å².